The van der Waals surface area contributed by atoms with Gasteiger partial charge in [-0.3, -0.25) is 4.90 Å². The summed E-state index contributed by atoms with van der Waals surface area (Å²) in [4.78, 5) is 8.64. The molecule has 2 aliphatic rings. The minimum Gasteiger partial charge on any atom is -0.378 e. The van der Waals surface area contributed by atoms with Crippen molar-refractivity contribution >= 4 is 11.3 Å². The minimum atomic E-state index is 0.135. The summed E-state index contributed by atoms with van der Waals surface area (Å²) in [6, 6.07) is 0.640. The second-order valence-electron chi connectivity index (χ2n) is 5.75. The summed E-state index contributed by atoms with van der Waals surface area (Å²) < 4.78 is 11.4. The first kappa shape index (κ1) is 15.4. The summed E-state index contributed by atoms with van der Waals surface area (Å²) in [6.07, 6.45) is 2.72. The molecule has 1 aromatic heterocycles. The lowest BCUT2D eigenvalue weighted by Gasteiger charge is -2.34. The summed E-state index contributed by atoms with van der Waals surface area (Å²) in [7, 11) is 1.72. The highest BCUT2D eigenvalue weighted by molar-refractivity contribution is 7.11. The highest BCUT2D eigenvalue weighted by atomic mass is 32.1. The zero-order valence-electron chi connectivity index (χ0n) is 12.9. The normalized spacial score (nSPS) is 26.2. The summed E-state index contributed by atoms with van der Waals surface area (Å²) in [5.74, 6) is 0. The van der Waals surface area contributed by atoms with Gasteiger partial charge in [0.05, 0.1) is 18.9 Å². The number of morpholine rings is 1. The highest BCUT2D eigenvalue weighted by Crippen LogP contribution is 2.33. The molecule has 0 radical (unpaired) electrons. The van der Waals surface area contributed by atoms with E-state index in [4.69, 9.17) is 14.5 Å². The fourth-order valence-electron chi connectivity index (χ4n) is 3.13. The van der Waals surface area contributed by atoms with Gasteiger partial charge in [-0.05, 0) is 25.9 Å². The average Bonchev–Trinajstić information content (AvgIpc) is 3.11. The van der Waals surface area contributed by atoms with Crippen LogP contribution < -0.4 is 5.32 Å². The topological polar surface area (TPSA) is 46.6 Å². The average molecular weight is 311 g/mol. The van der Waals surface area contributed by atoms with Crippen LogP contribution in [0, 0.1) is 0 Å². The van der Waals surface area contributed by atoms with E-state index >= 15 is 0 Å². The molecule has 0 spiro atoms. The van der Waals surface area contributed by atoms with Crippen molar-refractivity contribution in [3.05, 3.63) is 15.6 Å². The highest BCUT2D eigenvalue weighted by Gasteiger charge is 2.34. The summed E-state index contributed by atoms with van der Waals surface area (Å²) in [5.41, 5.74) is 1.06. The molecular weight excluding hydrogens is 286 g/mol. The summed E-state index contributed by atoms with van der Waals surface area (Å²) in [5, 5.41) is 4.49. The van der Waals surface area contributed by atoms with Gasteiger partial charge in [0.1, 0.15) is 11.1 Å². The molecule has 0 bridgehead atoms. The van der Waals surface area contributed by atoms with Crippen LogP contribution >= 0.6 is 11.3 Å². The van der Waals surface area contributed by atoms with Crippen molar-refractivity contribution in [1.82, 2.24) is 15.2 Å². The van der Waals surface area contributed by atoms with Crippen LogP contribution in [-0.4, -0.2) is 49.3 Å². The molecule has 118 valence electrons. The second kappa shape index (κ2) is 7.15. The number of thiazole rings is 1. The van der Waals surface area contributed by atoms with Crippen LogP contribution in [0.1, 0.15) is 41.4 Å². The minimum absolute atomic E-state index is 0.135. The fourth-order valence-corrected chi connectivity index (χ4v) is 4.21. The largest absolute Gasteiger partial charge is 0.378 e. The molecule has 2 unspecified atom stereocenters. The Morgan fingerprint density at radius 1 is 1.52 bits per heavy atom. The Balaban J connectivity index is 1.72. The zero-order chi connectivity index (χ0) is 14.7. The number of methoxy groups -OCH3 is 1. The van der Waals surface area contributed by atoms with Crippen molar-refractivity contribution in [2.75, 3.05) is 33.4 Å². The number of nitrogens with zero attached hydrogens (tertiary/aromatic N) is 2. The Labute approximate surface area is 130 Å². The van der Waals surface area contributed by atoms with Crippen LogP contribution in [0.2, 0.25) is 0 Å². The summed E-state index contributed by atoms with van der Waals surface area (Å²) >= 11 is 1.77. The SMILES string of the molecule is CCNCc1sc(C2CN3CCCC3CO2)nc1COC. The van der Waals surface area contributed by atoms with E-state index in [1.807, 2.05) is 0 Å². The monoisotopic (exact) mass is 311 g/mol. The maximum absolute atomic E-state index is 6.07. The van der Waals surface area contributed by atoms with Crippen molar-refractivity contribution in [2.24, 2.45) is 0 Å². The molecular formula is C15H25N3O2S. The number of aromatic nitrogens is 1. The number of ether oxygens (including phenoxy) is 2. The molecule has 0 aromatic carbocycles. The van der Waals surface area contributed by atoms with Crippen LogP contribution in [-0.2, 0) is 22.6 Å². The number of nitrogens with one attached hydrogen (secondary N) is 1. The maximum Gasteiger partial charge on any atom is 0.124 e. The van der Waals surface area contributed by atoms with Gasteiger partial charge in [0, 0.05) is 31.1 Å². The maximum atomic E-state index is 6.07. The first-order chi connectivity index (χ1) is 10.3. The smallest absolute Gasteiger partial charge is 0.124 e. The molecule has 0 aliphatic carbocycles. The van der Waals surface area contributed by atoms with Gasteiger partial charge in [0.2, 0.25) is 0 Å². The predicted molar refractivity (Wildman–Crippen MR) is 83.5 cm³/mol. The Morgan fingerprint density at radius 3 is 3.24 bits per heavy atom. The fraction of sp³-hybridized carbons (Fsp3) is 0.800. The molecule has 0 saturated carbocycles. The lowest BCUT2D eigenvalue weighted by atomic mass is 10.2. The third-order valence-corrected chi connectivity index (χ3v) is 5.47. The lowest BCUT2D eigenvalue weighted by molar-refractivity contribution is -0.0503. The number of rotatable bonds is 6. The molecule has 1 aromatic rings. The van der Waals surface area contributed by atoms with Crippen LogP contribution in [0.4, 0.5) is 0 Å². The van der Waals surface area contributed by atoms with Crippen molar-refractivity contribution in [3.8, 4) is 0 Å². The van der Waals surface area contributed by atoms with Gasteiger partial charge in [-0.15, -0.1) is 11.3 Å². The van der Waals surface area contributed by atoms with Gasteiger partial charge < -0.3 is 14.8 Å². The first-order valence-electron chi connectivity index (χ1n) is 7.85. The molecule has 0 amide bonds. The van der Waals surface area contributed by atoms with Crippen molar-refractivity contribution in [3.63, 3.8) is 0 Å². The van der Waals surface area contributed by atoms with E-state index in [0.717, 1.165) is 36.9 Å². The van der Waals surface area contributed by atoms with E-state index in [-0.39, 0.29) is 6.10 Å². The lowest BCUT2D eigenvalue weighted by Crippen LogP contribution is -2.42. The van der Waals surface area contributed by atoms with Gasteiger partial charge in [-0.1, -0.05) is 6.92 Å². The Kier molecular flexibility index (Phi) is 5.24. The molecule has 2 atom stereocenters. The molecule has 1 N–H and O–H groups in total. The Hall–Kier alpha value is -0.530. The van der Waals surface area contributed by atoms with E-state index in [0.29, 0.717) is 12.6 Å². The van der Waals surface area contributed by atoms with E-state index in [2.05, 4.69) is 17.1 Å². The second-order valence-corrected chi connectivity index (χ2v) is 6.86. The molecule has 3 heterocycles. The van der Waals surface area contributed by atoms with Crippen molar-refractivity contribution in [2.45, 2.75) is 45.1 Å². The Morgan fingerprint density at radius 2 is 2.43 bits per heavy atom. The van der Waals surface area contributed by atoms with Crippen LogP contribution in [0.25, 0.3) is 0 Å². The quantitative estimate of drug-likeness (QED) is 0.870. The Bertz CT molecular complexity index is 466. The summed E-state index contributed by atoms with van der Waals surface area (Å²) in [6.45, 7) is 7.59. The van der Waals surface area contributed by atoms with Gasteiger partial charge in [-0.25, -0.2) is 4.98 Å². The molecule has 3 rings (SSSR count). The third kappa shape index (κ3) is 3.46. The van der Waals surface area contributed by atoms with Gasteiger partial charge in [0.15, 0.2) is 0 Å². The van der Waals surface area contributed by atoms with E-state index in [1.165, 1.54) is 24.3 Å². The molecule has 6 heteroatoms. The van der Waals surface area contributed by atoms with Gasteiger partial charge in [0.25, 0.3) is 0 Å². The van der Waals surface area contributed by atoms with Crippen LogP contribution in [0.5, 0.6) is 0 Å². The number of hydrogen-bond acceptors (Lipinski definition) is 6. The number of hydrogen-bond donors (Lipinski definition) is 1. The van der Waals surface area contributed by atoms with E-state index < -0.39 is 0 Å². The van der Waals surface area contributed by atoms with Crippen LogP contribution in [0.3, 0.4) is 0 Å². The zero-order valence-corrected chi connectivity index (χ0v) is 13.7. The van der Waals surface area contributed by atoms with E-state index in [9.17, 15) is 0 Å². The van der Waals surface area contributed by atoms with Crippen molar-refractivity contribution < 1.29 is 9.47 Å². The van der Waals surface area contributed by atoms with Gasteiger partial charge >= 0.3 is 0 Å². The molecule has 2 fully saturated rings. The predicted octanol–water partition coefficient (Wildman–Crippen LogP) is 1.93. The standard InChI is InChI=1S/C15H25N3O2S/c1-3-16-7-14-12(10-19-2)17-15(21-14)13-8-18-6-4-5-11(18)9-20-13/h11,13,16H,3-10H2,1-2H3. The van der Waals surface area contributed by atoms with Crippen molar-refractivity contribution in [1.29, 1.82) is 0 Å². The third-order valence-electron chi connectivity index (χ3n) is 4.28. The molecule has 21 heavy (non-hydrogen) atoms. The molecule has 2 saturated heterocycles. The molecule has 5 nitrogen and oxygen atoms in total. The van der Waals surface area contributed by atoms with E-state index in [1.54, 1.807) is 18.4 Å². The molecule has 2 aliphatic heterocycles. The number of fused-ring (bicyclic) bond motifs is 1. The van der Waals surface area contributed by atoms with Crippen LogP contribution in [0.15, 0.2) is 0 Å². The first-order valence-corrected chi connectivity index (χ1v) is 8.67. The van der Waals surface area contributed by atoms with Gasteiger partial charge in [-0.2, -0.15) is 0 Å².